The van der Waals surface area contributed by atoms with Gasteiger partial charge in [0.15, 0.2) is 11.0 Å². The van der Waals surface area contributed by atoms with Gasteiger partial charge in [-0.15, -0.1) is 16.8 Å². The van der Waals surface area contributed by atoms with Crippen molar-refractivity contribution < 1.29 is 18.0 Å². The van der Waals surface area contributed by atoms with E-state index < -0.39 is 17.6 Å². The van der Waals surface area contributed by atoms with Gasteiger partial charge in [-0.2, -0.15) is 13.2 Å². The Morgan fingerprint density at radius 2 is 1.93 bits per heavy atom. The maximum Gasteiger partial charge on any atom is 0.416 e. The number of carbonyl (C=O) groups is 1. The van der Waals surface area contributed by atoms with Gasteiger partial charge in [-0.3, -0.25) is 9.36 Å². The standard InChI is InChI=1S/C20H16ClF3N4OS/c1-2-10-28-18(13-6-8-15(21)9-7-13)26-27-19(28)30-12-17(29)25-16-5-3-4-14(11-16)20(22,23)24/h2-9,11H,1,10,12H2,(H,25,29). The molecule has 3 rings (SSSR count). The van der Waals surface area contributed by atoms with Crippen LogP contribution in [-0.4, -0.2) is 26.4 Å². The van der Waals surface area contributed by atoms with E-state index in [1.54, 1.807) is 34.9 Å². The third-order valence-electron chi connectivity index (χ3n) is 3.94. The largest absolute Gasteiger partial charge is 0.416 e. The van der Waals surface area contributed by atoms with Crippen molar-refractivity contribution in [1.29, 1.82) is 0 Å². The molecule has 0 unspecified atom stereocenters. The molecule has 30 heavy (non-hydrogen) atoms. The van der Waals surface area contributed by atoms with Crippen molar-refractivity contribution >= 4 is 35.0 Å². The Morgan fingerprint density at radius 3 is 2.60 bits per heavy atom. The van der Waals surface area contributed by atoms with Crippen LogP contribution < -0.4 is 5.32 Å². The number of nitrogens with one attached hydrogen (secondary N) is 1. The van der Waals surface area contributed by atoms with E-state index in [-0.39, 0.29) is 11.4 Å². The quantitative estimate of drug-likeness (QED) is 0.378. The normalized spacial score (nSPS) is 11.3. The molecule has 1 heterocycles. The summed E-state index contributed by atoms with van der Waals surface area (Å²) in [5, 5.41) is 11.9. The predicted molar refractivity (Wildman–Crippen MR) is 111 cm³/mol. The van der Waals surface area contributed by atoms with Gasteiger partial charge in [-0.25, -0.2) is 0 Å². The Kier molecular flexibility index (Phi) is 6.84. The molecule has 10 heteroatoms. The Balaban J connectivity index is 1.70. The highest BCUT2D eigenvalue weighted by atomic mass is 35.5. The minimum atomic E-state index is -4.48. The zero-order valence-corrected chi connectivity index (χ0v) is 17.1. The van der Waals surface area contributed by atoms with Crippen molar-refractivity contribution in [1.82, 2.24) is 14.8 Å². The number of nitrogens with zero attached hydrogens (tertiary/aromatic N) is 3. The lowest BCUT2D eigenvalue weighted by Crippen LogP contribution is -2.15. The highest BCUT2D eigenvalue weighted by Gasteiger charge is 2.30. The van der Waals surface area contributed by atoms with Gasteiger partial charge in [0.1, 0.15) is 0 Å². The van der Waals surface area contributed by atoms with E-state index in [0.717, 1.165) is 29.5 Å². The van der Waals surface area contributed by atoms with Crippen molar-refractivity contribution in [3.05, 3.63) is 71.8 Å². The molecular formula is C20H16ClF3N4OS. The average molecular weight is 453 g/mol. The number of rotatable bonds is 7. The van der Waals surface area contributed by atoms with E-state index in [4.69, 9.17) is 11.6 Å². The van der Waals surface area contributed by atoms with Crippen molar-refractivity contribution in [3.63, 3.8) is 0 Å². The number of hydrogen-bond donors (Lipinski definition) is 1. The zero-order chi connectivity index (χ0) is 21.7. The zero-order valence-electron chi connectivity index (χ0n) is 15.5. The fourth-order valence-corrected chi connectivity index (χ4v) is 3.48. The summed E-state index contributed by atoms with van der Waals surface area (Å²) < 4.78 is 40.2. The molecule has 3 aromatic rings. The summed E-state index contributed by atoms with van der Waals surface area (Å²) in [5.41, 5.74) is 0.0464. The minimum Gasteiger partial charge on any atom is -0.325 e. The van der Waals surface area contributed by atoms with Crippen LogP contribution in [0, 0.1) is 0 Å². The van der Waals surface area contributed by atoms with E-state index in [0.29, 0.717) is 22.5 Å². The number of hydrogen-bond acceptors (Lipinski definition) is 4. The summed E-state index contributed by atoms with van der Waals surface area (Å²) in [7, 11) is 0. The summed E-state index contributed by atoms with van der Waals surface area (Å²) in [5.74, 6) is 0.0828. The number of thioether (sulfide) groups is 1. The molecule has 0 saturated carbocycles. The Labute approximate surface area is 180 Å². The van der Waals surface area contributed by atoms with E-state index in [2.05, 4.69) is 22.1 Å². The second kappa shape index (κ2) is 9.36. The monoisotopic (exact) mass is 452 g/mol. The third kappa shape index (κ3) is 5.43. The van der Waals surface area contributed by atoms with Crippen LogP contribution in [0.2, 0.25) is 5.02 Å². The van der Waals surface area contributed by atoms with Crippen molar-refractivity contribution in [2.45, 2.75) is 17.9 Å². The van der Waals surface area contributed by atoms with Crippen LogP contribution in [0.15, 0.2) is 66.3 Å². The van der Waals surface area contributed by atoms with Crippen LogP contribution in [-0.2, 0) is 17.5 Å². The number of amides is 1. The Morgan fingerprint density at radius 1 is 1.20 bits per heavy atom. The van der Waals surface area contributed by atoms with Gasteiger partial charge in [0.05, 0.1) is 11.3 Å². The summed E-state index contributed by atoms with van der Waals surface area (Å²) in [6.07, 6.45) is -2.80. The lowest BCUT2D eigenvalue weighted by molar-refractivity contribution is -0.137. The predicted octanol–water partition coefficient (Wildman–Crippen LogP) is 5.53. The average Bonchev–Trinajstić information content (AvgIpc) is 3.09. The topological polar surface area (TPSA) is 59.8 Å². The second-order valence-corrected chi connectivity index (χ2v) is 7.51. The summed E-state index contributed by atoms with van der Waals surface area (Å²) in [4.78, 5) is 12.2. The van der Waals surface area contributed by atoms with Crippen molar-refractivity contribution in [2.75, 3.05) is 11.1 Å². The van der Waals surface area contributed by atoms with Crippen LogP contribution in [0.25, 0.3) is 11.4 Å². The molecule has 156 valence electrons. The van der Waals surface area contributed by atoms with Gasteiger partial charge >= 0.3 is 6.18 Å². The number of benzene rings is 2. The molecule has 2 aromatic carbocycles. The van der Waals surface area contributed by atoms with Crippen molar-refractivity contribution in [3.8, 4) is 11.4 Å². The van der Waals surface area contributed by atoms with E-state index in [1.165, 1.54) is 12.1 Å². The number of aromatic nitrogens is 3. The molecule has 0 saturated heterocycles. The maximum absolute atomic E-state index is 12.8. The molecular weight excluding hydrogens is 437 g/mol. The first kappa shape index (κ1) is 21.9. The fraction of sp³-hybridized carbons (Fsp3) is 0.150. The highest BCUT2D eigenvalue weighted by molar-refractivity contribution is 7.99. The number of carbonyl (C=O) groups excluding carboxylic acids is 1. The number of allylic oxidation sites excluding steroid dienone is 1. The molecule has 0 aliphatic heterocycles. The van der Waals surface area contributed by atoms with E-state index in [1.807, 2.05) is 0 Å². The number of anilines is 1. The SMILES string of the molecule is C=CCn1c(SCC(=O)Nc2cccc(C(F)(F)F)c2)nnc1-c1ccc(Cl)cc1. The van der Waals surface area contributed by atoms with E-state index >= 15 is 0 Å². The molecule has 0 radical (unpaired) electrons. The van der Waals surface area contributed by atoms with Gasteiger partial charge in [-0.1, -0.05) is 35.5 Å². The first-order valence-corrected chi connectivity index (χ1v) is 10.0. The molecule has 0 atom stereocenters. The first-order valence-electron chi connectivity index (χ1n) is 8.68. The van der Waals surface area contributed by atoms with Gasteiger partial charge in [0.2, 0.25) is 5.91 Å². The summed E-state index contributed by atoms with van der Waals surface area (Å²) >= 11 is 7.05. The fourth-order valence-electron chi connectivity index (χ4n) is 2.60. The van der Waals surface area contributed by atoms with Crippen LogP contribution >= 0.6 is 23.4 Å². The minimum absolute atomic E-state index is 0.0495. The van der Waals surface area contributed by atoms with Gasteiger partial charge in [-0.05, 0) is 42.5 Å². The van der Waals surface area contributed by atoms with E-state index in [9.17, 15) is 18.0 Å². The summed E-state index contributed by atoms with van der Waals surface area (Å²) in [6.45, 7) is 4.15. The molecule has 0 aliphatic carbocycles. The molecule has 1 aromatic heterocycles. The van der Waals surface area contributed by atoms with Crippen LogP contribution in [0.1, 0.15) is 5.56 Å². The van der Waals surface area contributed by atoms with Gasteiger partial charge in [0.25, 0.3) is 0 Å². The number of alkyl halides is 3. The lowest BCUT2D eigenvalue weighted by atomic mass is 10.2. The molecule has 1 N–H and O–H groups in total. The molecule has 1 amide bonds. The maximum atomic E-state index is 12.8. The highest BCUT2D eigenvalue weighted by Crippen LogP contribution is 2.31. The van der Waals surface area contributed by atoms with Crippen LogP contribution in [0.4, 0.5) is 18.9 Å². The lowest BCUT2D eigenvalue weighted by Gasteiger charge is -2.10. The molecule has 0 fully saturated rings. The van der Waals surface area contributed by atoms with Crippen molar-refractivity contribution in [2.24, 2.45) is 0 Å². The molecule has 5 nitrogen and oxygen atoms in total. The molecule has 0 aliphatic rings. The second-order valence-electron chi connectivity index (χ2n) is 6.13. The smallest absolute Gasteiger partial charge is 0.325 e. The first-order chi connectivity index (χ1) is 14.3. The Bertz CT molecular complexity index is 1050. The number of halogens is 4. The molecule has 0 bridgehead atoms. The van der Waals surface area contributed by atoms with Gasteiger partial charge in [0, 0.05) is 22.8 Å². The van der Waals surface area contributed by atoms with Crippen LogP contribution in [0.5, 0.6) is 0 Å². The van der Waals surface area contributed by atoms with Crippen LogP contribution in [0.3, 0.4) is 0 Å². The Hall–Kier alpha value is -2.78. The van der Waals surface area contributed by atoms with Gasteiger partial charge < -0.3 is 5.32 Å². The molecule has 0 spiro atoms. The third-order valence-corrected chi connectivity index (χ3v) is 5.16. The summed E-state index contributed by atoms with van der Waals surface area (Å²) in [6, 6.07) is 11.6.